The molecule has 0 radical (unpaired) electrons. The van der Waals surface area contributed by atoms with Crippen LogP contribution in [0.3, 0.4) is 0 Å². The summed E-state index contributed by atoms with van der Waals surface area (Å²) in [5.41, 5.74) is 3.83. The zero-order valence-corrected chi connectivity index (χ0v) is 27.0. The Morgan fingerprint density at radius 2 is 1.04 bits per heavy atom. The summed E-state index contributed by atoms with van der Waals surface area (Å²) in [5, 5.41) is 40.2. The van der Waals surface area contributed by atoms with E-state index in [4.69, 9.17) is 11.6 Å². The van der Waals surface area contributed by atoms with E-state index in [0.717, 1.165) is 16.7 Å². The second-order valence-corrected chi connectivity index (χ2v) is 12.2. The zero-order chi connectivity index (χ0) is 33.9. The first-order valence-corrected chi connectivity index (χ1v) is 16.3. The minimum Gasteiger partial charge on any atom is -0.388 e. The maximum Gasteiger partial charge on any atom is 0.252 e. The molecule has 5 aromatic carbocycles. The van der Waals surface area contributed by atoms with Crippen LogP contribution in [0.5, 0.6) is 0 Å². The molecule has 0 bridgehead atoms. The number of amides is 2. The molecule has 0 saturated carbocycles. The predicted octanol–water partition coefficient (Wildman–Crippen LogP) is 5.90. The Balaban J connectivity index is 1.37. The third kappa shape index (κ3) is 9.18. The van der Waals surface area contributed by atoms with Gasteiger partial charge >= 0.3 is 0 Å². The molecule has 5 rings (SSSR count). The highest BCUT2D eigenvalue weighted by atomic mass is 35.5. The Hall–Kier alpha value is -4.79. The molecule has 0 fully saturated rings. The summed E-state index contributed by atoms with van der Waals surface area (Å²) in [5.74, 6) is -1.52. The van der Waals surface area contributed by atoms with Crippen LogP contribution in [0, 0.1) is 0 Å². The lowest BCUT2D eigenvalue weighted by Gasteiger charge is -2.30. The van der Waals surface area contributed by atoms with Crippen LogP contribution in [0.15, 0.2) is 146 Å². The summed E-state index contributed by atoms with van der Waals surface area (Å²) in [6.07, 6.45) is -4.58. The van der Waals surface area contributed by atoms with Crippen LogP contribution in [0.25, 0.3) is 0 Å². The minimum atomic E-state index is -1.93. The summed E-state index contributed by atoms with van der Waals surface area (Å²) >= 11 is 6.10. The fourth-order valence-electron chi connectivity index (χ4n) is 5.84. The Morgan fingerprint density at radius 3 is 1.54 bits per heavy atom. The molecule has 5 aromatic rings. The van der Waals surface area contributed by atoms with E-state index >= 15 is 0 Å². The number of aliphatic hydroxyl groups excluding tert-OH is 3. The fraction of sp³-hybridized carbons (Fsp3) is 0.200. The first-order valence-electron chi connectivity index (χ1n) is 15.9. The normalized spacial score (nSPS) is 14.4. The number of rotatable bonds is 14. The van der Waals surface area contributed by atoms with Crippen molar-refractivity contribution in [2.75, 3.05) is 0 Å². The maximum absolute atomic E-state index is 13.7. The van der Waals surface area contributed by atoms with Crippen molar-refractivity contribution in [2.45, 2.75) is 49.2 Å². The highest BCUT2D eigenvalue weighted by molar-refractivity contribution is 6.30. The molecule has 7 nitrogen and oxygen atoms in total. The van der Waals surface area contributed by atoms with Crippen molar-refractivity contribution in [3.8, 4) is 0 Å². The second-order valence-electron chi connectivity index (χ2n) is 11.8. The van der Waals surface area contributed by atoms with Crippen LogP contribution in [-0.2, 0) is 16.0 Å². The monoisotopic (exact) mass is 662 g/mol. The lowest BCUT2D eigenvalue weighted by molar-refractivity contribution is -0.139. The van der Waals surface area contributed by atoms with E-state index in [1.165, 1.54) is 0 Å². The molecular formula is C40H39ClN2O5. The average molecular weight is 663 g/mol. The van der Waals surface area contributed by atoms with E-state index in [0.29, 0.717) is 16.1 Å². The van der Waals surface area contributed by atoms with Crippen LogP contribution in [0.4, 0.5) is 0 Å². The van der Waals surface area contributed by atoms with Gasteiger partial charge in [-0.15, -0.1) is 0 Å². The molecule has 0 aliphatic carbocycles. The van der Waals surface area contributed by atoms with Crippen molar-refractivity contribution >= 4 is 23.4 Å². The topological polar surface area (TPSA) is 119 Å². The number of benzene rings is 5. The number of carbonyl (C=O) groups is 2. The summed E-state index contributed by atoms with van der Waals surface area (Å²) in [6.45, 7) is 0. The van der Waals surface area contributed by atoms with E-state index < -0.39 is 36.3 Å². The molecule has 3 unspecified atom stereocenters. The first kappa shape index (κ1) is 34.5. The maximum atomic E-state index is 13.7. The minimum absolute atomic E-state index is 0.0690. The highest BCUT2D eigenvalue weighted by Crippen LogP contribution is 2.30. The Morgan fingerprint density at radius 1 is 0.583 bits per heavy atom. The van der Waals surface area contributed by atoms with E-state index in [1.807, 2.05) is 72.8 Å². The summed E-state index contributed by atoms with van der Waals surface area (Å²) in [7, 11) is 0. The van der Waals surface area contributed by atoms with Crippen LogP contribution >= 0.6 is 11.6 Å². The smallest absolute Gasteiger partial charge is 0.252 e. The number of hydrogen-bond acceptors (Lipinski definition) is 5. The predicted molar refractivity (Wildman–Crippen MR) is 187 cm³/mol. The van der Waals surface area contributed by atoms with Gasteiger partial charge in [-0.3, -0.25) is 9.59 Å². The largest absolute Gasteiger partial charge is 0.388 e. The van der Waals surface area contributed by atoms with Gasteiger partial charge in [-0.1, -0.05) is 145 Å². The molecule has 5 atom stereocenters. The molecular weight excluding hydrogens is 624 g/mol. The summed E-state index contributed by atoms with van der Waals surface area (Å²) in [6, 6.07) is 42.1. The quantitative estimate of drug-likeness (QED) is 0.101. The first-order chi connectivity index (χ1) is 23.3. The number of hydrogen-bond donors (Lipinski definition) is 5. The number of nitrogens with one attached hydrogen (secondary N) is 2. The van der Waals surface area contributed by atoms with Gasteiger partial charge in [0.25, 0.3) is 5.91 Å². The van der Waals surface area contributed by atoms with E-state index in [-0.39, 0.29) is 24.7 Å². The van der Waals surface area contributed by atoms with Crippen molar-refractivity contribution in [3.05, 3.63) is 178 Å². The van der Waals surface area contributed by atoms with Gasteiger partial charge in [-0.25, -0.2) is 0 Å². The van der Waals surface area contributed by atoms with Crippen LogP contribution in [-0.4, -0.2) is 45.4 Å². The van der Waals surface area contributed by atoms with E-state index in [1.54, 1.807) is 72.8 Å². The molecule has 0 aromatic heterocycles. The number of aliphatic hydroxyl groups is 3. The second kappa shape index (κ2) is 16.9. The van der Waals surface area contributed by atoms with Gasteiger partial charge in [-0.2, -0.15) is 0 Å². The number of carbonyl (C=O) groups excluding carboxylic acids is 2. The average Bonchev–Trinajstić information content (AvgIpc) is 3.14. The molecule has 0 aliphatic rings. The Kier molecular flexibility index (Phi) is 12.1. The van der Waals surface area contributed by atoms with Gasteiger partial charge in [0.05, 0.1) is 12.1 Å². The lowest BCUT2D eigenvalue weighted by atomic mass is 9.88. The van der Waals surface area contributed by atoms with Crippen molar-refractivity contribution in [1.82, 2.24) is 10.6 Å². The van der Waals surface area contributed by atoms with E-state index in [2.05, 4.69) is 10.6 Å². The van der Waals surface area contributed by atoms with Gasteiger partial charge in [0, 0.05) is 17.4 Å². The van der Waals surface area contributed by atoms with Gasteiger partial charge in [0.2, 0.25) is 5.91 Å². The third-order valence-electron chi connectivity index (χ3n) is 8.43. The summed E-state index contributed by atoms with van der Waals surface area (Å²) in [4.78, 5) is 27.3. The molecule has 0 aliphatic heterocycles. The molecule has 2 amide bonds. The molecule has 0 heterocycles. The molecule has 0 saturated heterocycles. The standard InChI is InChI=1S/C40H39ClN2O5/c41-32-23-21-27(22-24-32)25-34(42-35(44)26-33(28-13-5-1-6-14-28)29-15-7-2-8-16-29)38(46)39(47)40(48)43-36(30-17-9-3-10-18-30)37(45)31-19-11-4-12-20-31/h1-24,33-34,36-39,45-47H,25-26H2,(H,42,44)(H,43,48)/t34?,36-,37+,38?,39?/m0/s1. The lowest BCUT2D eigenvalue weighted by Crippen LogP contribution is -2.55. The Bertz CT molecular complexity index is 1680. The SMILES string of the molecule is O=C(CC(c1ccccc1)c1ccccc1)NC(Cc1ccc(Cl)cc1)C(O)C(O)C(=O)N[C@@H](c1ccccc1)[C@H](O)c1ccccc1. The zero-order valence-electron chi connectivity index (χ0n) is 26.3. The van der Waals surface area contributed by atoms with Gasteiger partial charge in [-0.05, 0) is 46.4 Å². The van der Waals surface area contributed by atoms with Crippen molar-refractivity contribution < 1.29 is 24.9 Å². The number of halogens is 1. The molecule has 5 N–H and O–H groups in total. The van der Waals surface area contributed by atoms with Crippen molar-refractivity contribution in [2.24, 2.45) is 0 Å². The van der Waals surface area contributed by atoms with Gasteiger partial charge in [0.1, 0.15) is 12.2 Å². The van der Waals surface area contributed by atoms with Gasteiger partial charge in [0.15, 0.2) is 6.10 Å². The Labute approximate surface area is 285 Å². The van der Waals surface area contributed by atoms with Crippen LogP contribution in [0.1, 0.15) is 52.3 Å². The molecule has 0 spiro atoms. The highest BCUT2D eigenvalue weighted by Gasteiger charge is 2.35. The van der Waals surface area contributed by atoms with Crippen molar-refractivity contribution in [1.29, 1.82) is 0 Å². The van der Waals surface area contributed by atoms with E-state index in [9.17, 15) is 24.9 Å². The molecule has 246 valence electrons. The summed E-state index contributed by atoms with van der Waals surface area (Å²) < 4.78 is 0. The van der Waals surface area contributed by atoms with Crippen LogP contribution < -0.4 is 10.6 Å². The third-order valence-corrected chi connectivity index (χ3v) is 8.68. The van der Waals surface area contributed by atoms with Crippen molar-refractivity contribution in [3.63, 3.8) is 0 Å². The molecule has 8 heteroatoms. The fourth-order valence-corrected chi connectivity index (χ4v) is 5.97. The van der Waals surface area contributed by atoms with Crippen LogP contribution in [0.2, 0.25) is 5.02 Å². The molecule has 48 heavy (non-hydrogen) atoms. The van der Waals surface area contributed by atoms with Gasteiger partial charge < -0.3 is 26.0 Å².